The molecule has 0 fully saturated rings. The standard InChI is InChI=1S/C11H12N2O2/c14-8-5-13-10-4-2-1-3-9(10)12-11(13)7-15-6-8/h1-4,8,14H,5-7H2/t8-/m0/s1. The zero-order valence-corrected chi connectivity index (χ0v) is 8.26. The lowest BCUT2D eigenvalue weighted by Gasteiger charge is -2.07. The average molecular weight is 204 g/mol. The number of hydrogen-bond donors (Lipinski definition) is 1. The summed E-state index contributed by atoms with van der Waals surface area (Å²) < 4.78 is 7.36. The molecular formula is C11H12N2O2. The first-order chi connectivity index (χ1) is 7.34. The number of imidazole rings is 1. The highest BCUT2D eigenvalue weighted by atomic mass is 16.5. The van der Waals surface area contributed by atoms with Gasteiger partial charge in [-0.1, -0.05) is 12.1 Å². The summed E-state index contributed by atoms with van der Waals surface area (Å²) in [6.45, 7) is 1.43. The van der Waals surface area contributed by atoms with Crippen molar-refractivity contribution in [1.82, 2.24) is 9.55 Å². The van der Waals surface area contributed by atoms with Crippen molar-refractivity contribution in [2.45, 2.75) is 19.3 Å². The van der Waals surface area contributed by atoms with E-state index in [2.05, 4.69) is 4.98 Å². The van der Waals surface area contributed by atoms with Gasteiger partial charge in [-0.25, -0.2) is 4.98 Å². The highest BCUT2D eigenvalue weighted by Gasteiger charge is 2.17. The molecule has 0 saturated carbocycles. The minimum absolute atomic E-state index is 0.387. The number of benzene rings is 1. The quantitative estimate of drug-likeness (QED) is 0.694. The molecule has 4 nitrogen and oxygen atoms in total. The van der Waals surface area contributed by atoms with Gasteiger partial charge in [0, 0.05) is 0 Å². The lowest BCUT2D eigenvalue weighted by molar-refractivity contribution is 0.0339. The first-order valence-corrected chi connectivity index (χ1v) is 5.04. The summed E-state index contributed by atoms with van der Waals surface area (Å²) in [5.74, 6) is 0.896. The van der Waals surface area contributed by atoms with E-state index in [1.54, 1.807) is 0 Å². The highest BCUT2D eigenvalue weighted by molar-refractivity contribution is 5.75. The number of ether oxygens (including phenoxy) is 1. The predicted octanol–water partition coefficient (Wildman–Crippen LogP) is 0.927. The number of rotatable bonds is 0. The van der Waals surface area contributed by atoms with Gasteiger partial charge in [0.05, 0.1) is 30.3 Å². The van der Waals surface area contributed by atoms with Gasteiger partial charge in [-0.3, -0.25) is 0 Å². The average Bonchev–Trinajstić information content (AvgIpc) is 2.47. The largest absolute Gasteiger partial charge is 0.389 e. The summed E-state index contributed by atoms with van der Waals surface area (Å²) in [6.07, 6.45) is -0.441. The van der Waals surface area contributed by atoms with E-state index in [0.29, 0.717) is 19.8 Å². The van der Waals surface area contributed by atoms with Crippen LogP contribution in [0.2, 0.25) is 0 Å². The Labute approximate surface area is 87.1 Å². The number of aromatic nitrogens is 2. The lowest BCUT2D eigenvalue weighted by Crippen LogP contribution is -2.18. The van der Waals surface area contributed by atoms with Crippen LogP contribution in [0, 0.1) is 0 Å². The maximum Gasteiger partial charge on any atom is 0.136 e. The van der Waals surface area contributed by atoms with Gasteiger partial charge < -0.3 is 14.4 Å². The molecule has 0 bridgehead atoms. The number of aliphatic hydroxyl groups excluding tert-OH is 1. The van der Waals surface area contributed by atoms with Crippen LogP contribution in [0.15, 0.2) is 24.3 Å². The zero-order valence-electron chi connectivity index (χ0n) is 8.26. The molecule has 0 radical (unpaired) electrons. The van der Waals surface area contributed by atoms with E-state index < -0.39 is 6.10 Å². The van der Waals surface area contributed by atoms with Gasteiger partial charge in [0.1, 0.15) is 12.4 Å². The Kier molecular flexibility index (Phi) is 1.97. The van der Waals surface area contributed by atoms with E-state index in [0.717, 1.165) is 16.9 Å². The smallest absolute Gasteiger partial charge is 0.136 e. The fourth-order valence-electron chi connectivity index (χ4n) is 1.99. The van der Waals surface area contributed by atoms with Crippen LogP contribution in [-0.4, -0.2) is 27.4 Å². The third-order valence-electron chi connectivity index (χ3n) is 2.67. The van der Waals surface area contributed by atoms with E-state index >= 15 is 0 Å². The summed E-state index contributed by atoms with van der Waals surface area (Å²) in [6, 6.07) is 7.94. The molecule has 1 N–H and O–H groups in total. The molecule has 0 amide bonds. The summed E-state index contributed by atoms with van der Waals surface area (Å²) in [5.41, 5.74) is 2.03. The topological polar surface area (TPSA) is 47.3 Å². The normalized spacial score (nSPS) is 21.3. The summed E-state index contributed by atoms with van der Waals surface area (Å²) in [4.78, 5) is 4.47. The van der Waals surface area contributed by atoms with Gasteiger partial charge in [0.25, 0.3) is 0 Å². The van der Waals surface area contributed by atoms with Gasteiger partial charge in [-0.2, -0.15) is 0 Å². The molecule has 1 aromatic heterocycles. The Morgan fingerprint density at radius 2 is 2.27 bits per heavy atom. The van der Waals surface area contributed by atoms with Crippen molar-refractivity contribution in [3.8, 4) is 0 Å². The first-order valence-electron chi connectivity index (χ1n) is 5.04. The Balaban J connectivity index is 2.20. The second-order valence-electron chi connectivity index (χ2n) is 3.80. The number of aliphatic hydroxyl groups is 1. The minimum atomic E-state index is -0.441. The maximum absolute atomic E-state index is 9.64. The maximum atomic E-state index is 9.64. The van der Waals surface area contributed by atoms with Gasteiger partial charge >= 0.3 is 0 Å². The molecule has 1 aliphatic heterocycles. The van der Waals surface area contributed by atoms with Gasteiger partial charge in [-0.15, -0.1) is 0 Å². The van der Waals surface area contributed by atoms with Crippen LogP contribution in [-0.2, 0) is 17.9 Å². The molecule has 0 unspecified atom stereocenters. The van der Waals surface area contributed by atoms with Gasteiger partial charge in [-0.05, 0) is 12.1 Å². The molecule has 1 aliphatic rings. The number of fused-ring (bicyclic) bond motifs is 3. The van der Waals surface area contributed by atoms with Crippen molar-refractivity contribution in [3.05, 3.63) is 30.1 Å². The first kappa shape index (κ1) is 8.88. The Hall–Kier alpha value is -1.39. The van der Waals surface area contributed by atoms with Crippen LogP contribution in [0.25, 0.3) is 11.0 Å². The highest BCUT2D eigenvalue weighted by Crippen LogP contribution is 2.19. The van der Waals surface area contributed by atoms with Crippen molar-refractivity contribution < 1.29 is 9.84 Å². The second-order valence-corrected chi connectivity index (χ2v) is 3.80. The molecule has 78 valence electrons. The second kappa shape index (κ2) is 3.32. The Morgan fingerprint density at radius 3 is 3.20 bits per heavy atom. The predicted molar refractivity (Wildman–Crippen MR) is 55.4 cm³/mol. The monoisotopic (exact) mass is 204 g/mol. The van der Waals surface area contributed by atoms with E-state index in [1.807, 2.05) is 28.8 Å². The molecule has 4 heteroatoms. The van der Waals surface area contributed by atoms with E-state index in [9.17, 15) is 5.11 Å². The zero-order chi connectivity index (χ0) is 10.3. The molecule has 1 atom stereocenters. The van der Waals surface area contributed by atoms with Crippen LogP contribution < -0.4 is 0 Å². The molecule has 2 heterocycles. The Morgan fingerprint density at radius 1 is 1.40 bits per heavy atom. The summed E-state index contributed by atoms with van der Waals surface area (Å²) in [5, 5.41) is 9.64. The molecule has 15 heavy (non-hydrogen) atoms. The summed E-state index contributed by atoms with van der Waals surface area (Å²) >= 11 is 0. The summed E-state index contributed by atoms with van der Waals surface area (Å²) in [7, 11) is 0. The molecule has 0 saturated heterocycles. The van der Waals surface area contributed by atoms with Crippen LogP contribution >= 0.6 is 0 Å². The van der Waals surface area contributed by atoms with Crippen molar-refractivity contribution in [2.24, 2.45) is 0 Å². The fourth-order valence-corrected chi connectivity index (χ4v) is 1.99. The van der Waals surface area contributed by atoms with Crippen LogP contribution in [0.3, 0.4) is 0 Å². The molecule has 2 aromatic rings. The van der Waals surface area contributed by atoms with Crippen LogP contribution in [0.4, 0.5) is 0 Å². The molecule has 1 aromatic carbocycles. The molecule has 3 rings (SSSR count). The van der Waals surface area contributed by atoms with Crippen LogP contribution in [0.1, 0.15) is 5.82 Å². The van der Waals surface area contributed by atoms with Crippen LogP contribution in [0.5, 0.6) is 0 Å². The third kappa shape index (κ3) is 1.42. The fraction of sp³-hybridized carbons (Fsp3) is 0.364. The van der Waals surface area contributed by atoms with E-state index in [-0.39, 0.29) is 0 Å². The van der Waals surface area contributed by atoms with Gasteiger partial charge in [0.15, 0.2) is 0 Å². The lowest BCUT2D eigenvalue weighted by atomic mass is 10.3. The van der Waals surface area contributed by atoms with Crippen molar-refractivity contribution in [3.63, 3.8) is 0 Å². The molecule has 0 spiro atoms. The number of nitrogens with zero attached hydrogens (tertiary/aromatic N) is 2. The SMILES string of the molecule is O[C@@H]1COCc2nc3ccccc3n2C1. The minimum Gasteiger partial charge on any atom is -0.389 e. The van der Waals surface area contributed by atoms with E-state index in [4.69, 9.17) is 4.74 Å². The van der Waals surface area contributed by atoms with Crippen molar-refractivity contribution >= 4 is 11.0 Å². The molecule has 0 aliphatic carbocycles. The van der Waals surface area contributed by atoms with Crippen molar-refractivity contribution in [2.75, 3.05) is 6.61 Å². The number of hydrogen-bond acceptors (Lipinski definition) is 3. The molecular weight excluding hydrogens is 192 g/mol. The van der Waals surface area contributed by atoms with E-state index in [1.165, 1.54) is 0 Å². The third-order valence-corrected chi connectivity index (χ3v) is 2.67. The van der Waals surface area contributed by atoms with Crippen molar-refractivity contribution in [1.29, 1.82) is 0 Å². The Bertz CT molecular complexity index is 492. The number of para-hydroxylation sites is 2. The van der Waals surface area contributed by atoms with Gasteiger partial charge in [0.2, 0.25) is 0 Å².